The maximum atomic E-state index is 4.34. The minimum absolute atomic E-state index is 0.211. The Balaban J connectivity index is 1.60. The SMILES string of the molecule is CC1(C)c2ccc3ccccc3c2N(c2c(-c3ccncc3)cccc2-c2ccncc2)c2c1ccc1ccccc21. The van der Waals surface area contributed by atoms with Crippen LogP contribution in [0.3, 0.4) is 0 Å². The third-order valence-corrected chi connectivity index (χ3v) is 8.84. The number of hydrogen-bond acceptors (Lipinski definition) is 3. The Morgan fingerprint density at radius 3 is 1.38 bits per heavy atom. The summed E-state index contributed by atoms with van der Waals surface area (Å²) in [7, 11) is 0. The lowest BCUT2D eigenvalue weighted by Gasteiger charge is -2.44. The van der Waals surface area contributed by atoms with Gasteiger partial charge in [-0.25, -0.2) is 0 Å². The highest BCUT2D eigenvalue weighted by Gasteiger charge is 2.40. The zero-order chi connectivity index (χ0) is 28.3. The van der Waals surface area contributed by atoms with Crippen LogP contribution in [0.2, 0.25) is 0 Å². The Morgan fingerprint density at radius 2 is 0.905 bits per heavy atom. The van der Waals surface area contributed by atoms with Crippen LogP contribution >= 0.6 is 0 Å². The van der Waals surface area contributed by atoms with Gasteiger partial charge in [0.15, 0.2) is 0 Å². The molecule has 0 aliphatic carbocycles. The summed E-state index contributed by atoms with van der Waals surface area (Å²) in [4.78, 5) is 11.3. The smallest absolute Gasteiger partial charge is 0.0619 e. The van der Waals surface area contributed by atoms with Crippen LogP contribution < -0.4 is 4.90 Å². The average Bonchev–Trinajstić information content (AvgIpc) is 3.05. The van der Waals surface area contributed by atoms with Crippen molar-refractivity contribution in [3.63, 3.8) is 0 Å². The first-order chi connectivity index (χ1) is 20.6. The summed E-state index contributed by atoms with van der Waals surface area (Å²) in [6.07, 6.45) is 7.52. The van der Waals surface area contributed by atoms with Crippen molar-refractivity contribution in [3.05, 3.63) is 151 Å². The summed E-state index contributed by atoms with van der Waals surface area (Å²) in [6, 6.07) is 41.9. The fourth-order valence-corrected chi connectivity index (χ4v) is 6.79. The van der Waals surface area contributed by atoms with Gasteiger partial charge in [-0.2, -0.15) is 0 Å². The van der Waals surface area contributed by atoms with E-state index in [4.69, 9.17) is 0 Å². The lowest BCUT2D eigenvalue weighted by molar-refractivity contribution is 0.634. The minimum atomic E-state index is -0.211. The van der Waals surface area contributed by atoms with Crippen LogP contribution in [-0.2, 0) is 5.41 Å². The topological polar surface area (TPSA) is 29.0 Å². The predicted molar refractivity (Wildman–Crippen MR) is 175 cm³/mol. The van der Waals surface area contributed by atoms with Crippen LogP contribution in [-0.4, -0.2) is 9.97 Å². The molecular formula is C39H29N3. The van der Waals surface area contributed by atoms with Crippen LogP contribution in [0.1, 0.15) is 25.0 Å². The molecule has 0 amide bonds. The molecule has 200 valence electrons. The molecule has 0 saturated heterocycles. The molecule has 1 aliphatic rings. The van der Waals surface area contributed by atoms with Gasteiger partial charge in [0.2, 0.25) is 0 Å². The molecule has 42 heavy (non-hydrogen) atoms. The van der Waals surface area contributed by atoms with Gasteiger partial charge in [-0.15, -0.1) is 0 Å². The van der Waals surface area contributed by atoms with Gasteiger partial charge in [-0.05, 0) is 57.3 Å². The third-order valence-electron chi connectivity index (χ3n) is 8.84. The Kier molecular flexibility index (Phi) is 5.48. The second-order valence-electron chi connectivity index (χ2n) is 11.5. The van der Waals surface area contributed by atoms with E-state index in [2.05, 4.69) is 144 Å². The van der Waals surface area contributed by atoms with Gasteiger partial charge in [0.25, 0.3) is 0 Å². The summed E-state index contributed by atoms with van der Waals surface area (Å²) in [6.45, 7) is 4.73. The van der Waals surface area contributed by atoms with Gasteiger partial charge in [0, 0.05) is 52.1 Å². The monoisotopic (exact) mass is 539 g/mol. The molecule has 3 heterocycles. The van der Waals surface area contributed by atoms with E-state index in [0.717, 1.165) is 27.9 Å². The molecule has 0 spiro atoms. The highest BCUT2D eigenvalue weighted by molar-refractivity contribution is 6.12. The number of fused-ring (bicyclic) bond motifs is 6. The van der Waals surface area contributed by atoms with Gasteiger partial charge in [-0.3, -0.25) is 9.97 Å². The van der Waals surface area contributed by atoms with Crippen LogP contribution in [0.25, 0.3) is 43.8 Å². The van der Waals surface area contributed by atoms with Gasteiger partial charge < -0.3 is 4.90 Å². The van der Waals surface area contributed by atoms with Gasteiger partial charge >= 0.3 is 0 Å². The molecule has 8 rings (SSSR count). The average molecular weight is 540 g/mol. The van der Waals surface area contributed by atoms with Crippen LogP contribution in [0.15, 0.2) is 140 Å². The molecule has 0 unspecified atom stereocenters. The number of para-hydroxylation sites is 1. The van der Waals surface area contributed by atoms with Crippen LogP contribution in [0.5, 0.6) is 0 Å². The van der Waals surface area contributed by atoms with Crippen molar-refractivity contribution in [1.29, 1.82) is 0 Å². The molecular weight excluding hydrogens is 510 g/mol. The first-order valence-electron chi connectivity index (χ1n) is 14.4. The number of hydrogen-bond donors (Lipinski definition) is 0. The van der Waals surface area contributed by atoms with E-state index >= 15 is 0 Å². The van der Waals surface area contributed by atoms with E-state index < -0.39 is 0 Å². The number of pyridine rings is 2. The fourth-order valence-electron chi connectivity index (χ4n) is 6.79. The number of rotatable bonds is 3. The van der Waals surface area contributed by atoms with Crippen molar-refractivity contribution in [3.8, 4) is 22.3 Å². The normalized spacial score (nSPS) is 13.6. The van der Waals surface area contributed by atoms with Crippen molar-refractivity contribution in [2.45, 2.75) is 19.3 Å². The van der Waals surface area contributed by atoms with Gasteiger partial charge in [0.05, 0.1) is 17.1 Å². The molecule has 3 heteroatoms. The summed E-state index contributed by atoms with van der Waals surface area (Å²) < 4.78 is 0. The third kappa shape index (κ3) is 3.60. The van der Waals surface area contributed by atoms with E-state index in [-0.39, 0.29) is 5.41 Å². The number of aromatic nitrogens is 2. The molecule has 2 aromatic heterocycles. The van der Waals surface area contributed by atoms with Crippen molar-refractivity contribution in [2.75, 3.05) is 4.90 Å². The number of benzene rings is 5. The van der Waals surface area contributed by atoms with Crippen LogP contribution in [0.4, 0.5) is 17.1 Å². The fraction of sp³-hybridized carbons (Fsp3) is 0.0769. The van der Waals surface area contributed by atoms with Gasteiger partial charge in [-0.1, -0.05) is 105 Å². The second kappa shape index (κ2) is 9.39. The lowest BCUT2D eigenvalue weighted by atomic mass is 9.71. The van der Waals surface area contributed by atoms with Crippen molar-refractivity contribution in [2.24, 2.45) is 0 Å². The maximum Gasteiger partial charge on any atom is 0.0619 e. The predicted octanol–water partition coefficient (Wildman–Crippen LogP) is 10.2. The standard InChI is InChI=1S/C39H29N3/c1-39(2)34-16-14-26-8-3-5-10-32(26)37(34)42(38-33-11-6-4-9-27(33)15-17-35(38)39)36-30(28-18-22-40-23-19-28)12-7-13-31(36)29-20-24-41-25-21-29/h3-25H,1-2H3. The van der Waals surface area contributed by atoms with Gasteiger partial charge in [0.1, 0.15) is 0 Å². The van der Waals surface area contributed by atoms with Crippen molar-refractivity contribution in [1.82, 2.24) is 9.97 Å². The largest absolute Gasteiger partial charge is 0.307 e. The zero-order valence-electron chi connectivity index (χ0n) is 23.6. The van der Waals surface area contributed by atoms with Crippen molar-refractivity contribution >= 4 is 38.6 Å². The Bertz CT molecular complexity index is 1970. The van der Waals surface area contributed by atoms with E-state index in [1.54, 1.807) is 0 Å². The highest BCUT2D eigenvalue weighted by Crippen LogP contribution is 2.58. The molecule has 0 atom stereocenters. The number of nitrogens with zero attached hydrogens (tertiary/aromatic N) is 3. The van der Waals surface area contributed by atoms with Crippen LogP contribution in [0, 0.1) is 0 Å². The molecule has 0 fully saturated rings. The lowest BCUT2D eigenvalue weighted by Crippen LogP contribution is -2.31. The molecule has 3 nitrogen and oxygen atoms in total. The quantitative estimate of drug-likeness (QED) is 0.224. The summed E-state index contributed by atoms with van der Waals surface area (Å²) in [5, 5.41) is 4.94. The molecule has 1 aliphatic heterocycles. The van der Waals surface area contributed by atoms with E-state index in [0.29, 0.717) is 0 Å². The molecule has 5 aromatic carbocycles. The molecule has 7 aromatic rings. The van der Waals surface area contributed by atoms with E-state index in [1.807, 2.05) is 24.8 Å². The van der Waals surface area contributed by atoms with E-state index in [9.17, 15) is 0 Å². The molecule has 0 bridgehead atoms. The van der Waals surface area contributed by atoms with Crippen molar-refractivity contribution < 1.29 is 0 Å². The first kappa shape index (κ1) is 24.5. The Morgan fingerprint density at radius 1 is 0.452 bits per heavy atom. The van der Waals surface area contributed by atoms with E-state index in [1.165, 1.54) is 44.0 Å². The molecule has 0 N–H and O–H groups in total. The zero-order valence-corrected chi connectivity index (χ0v) is 23.6. The molecule has 0 radical (unpaired) electrons. The Hall–Kier alpha value is -5.28. The second-order valence-corrected chi connectivity index (χ2v) is 11.5. The summed E-state index contributed by atoms with van der Waals surface area (Å²) in [5.74, 6) is 0. The summed E-state index contributed by atoms with van der Waals surface area (Å²) >= 11 is 0. The molecule has 0 saturated carbocycles. The minimum Gasteiger partial charge on any atom is -0.307 e. The Labute approximate surface area is 245 Å². The first-order valence-corrected chi connectivity index (χ1v) is 14.4. The maximum absolute atomic E-state index is 4.34. The summed E-state index contributed by atoms with van der Waals surface area (Å²) in [5.41, 5.74) is 10.6. The number of anilines is 3. The highest BCUT2D eigenvalue weighted by atomic mass is 15.2.